The molecule has 0 aliphatic carbocycles. The van der Waals surface area contributed by atoms with Gasteiger partial charge in [-0.15, -0.1) is 22.9 Å². The number of anilines is 1. The molecule has 13 heteroatoms. The van der Waals surface area contributed by atoms with Crippen molar-refractivity contribution < 1.29 is 28.8 Å². The van der Waals surface area contributed by atoms with E-state index >= 15 is 0 Å². The summed E-state index contributed by atoms with van der Waals surface area (Å²) in [7, 11) is 1.25. The molecule has 0 aromatic carbocycles. The van der Waals surface area contributed by atoms with Crippen molar-refractivity contribution in [3.63, 3.8) is 0 Å². The summed E-state index contributed by atoms with van der Waals surface area (Å²) < 4.78 is 4.83. The van der Waals surface area contributed by atoms with Crippen LogP contribution in [-0.4, -0.2) is 66.1 Å². The minimum Gasteiger partial charge on any atom is -0.464 e. The molecule has 2 unspecified atom stereocenters. The number of nitrogens with zero attached hydrogens (tertiary/aromatic N) is 2. The molecule has 1 aromatic heterocycles. The molecule has 1 saturated heterocycles. The molecule has 1 aliphatic heterocycles. The first-order valence-corrected chi connectivity index (χ1v) is 8.94. The largest absolute Gasteiger partial charge is 0.464 e. The lowest BCUT2D eigenvalue weighted by molar-refractivity contribution is -0.147. The van der Waals surface area contributed by atoms with Crippen molar-refractivity contribution in [1.29, 1.82) is 0 Å². The summed E-state index contributed by atoms with van der Waals surface area (Å²) >= 11 is 6.47. The summed E-state index contributed by atoms with van der Waals surface area (Å²) in [5.41, 5.74) is -0.0495. The normalized spacial score (nSPS) is 18.8. The summed E-state index contributed by atoms with van der Waals surface area (Å²) in [4.78, 5) is 55.1. The van der Waals surface area contributed by atoms with Gasteiger partial charge >= 0.3 is 5.97 Å². The maximum atomic E-state index is 12.5. The summed E-state index contributed by atoms with van der Waals surface area (Å²) in [5.74, 6) is -2.34. The average Bonchev–Trinajstić information content (AvgIpc) is 3.08. The lowest BCUT2D eigenvalue weighted by Crippen LogP contribution is -2.71. The Balaban J connectivity index is 2.07. The zero-order valence-corrected chi connectivity index (χ0v) is 15.8. The van der Waals surface area contributed by atoms with E-state index < -0.39 is 35.8 Å². The fourth-order valence-corrected chi connectivity index (χ4v) is 2.83. The molecule has 1 fully saturated rings. The van der Waals surface area contributed by atoms with Crippen LogP contribution in [0.1, 0.15) is 12.6 Å². The van der Waals surface area contributed by atoms with E-state index in [-0.39, 0.29) is 29.0 Å². The van der Waals surface area contributed by atoms with Gasteiger partial charge in [-0.25, -0.2) is 4.98 Å². The lowest BCUT2D eigenvalue weighted by Gasteiger charge is -2.36. The van der Waals surface area contributed by atoms with E-state index in [1.807, 2.05) is 0 Å². The van der Waals surface area contributed by atoms with E-state index in [0.717, 1.165) is 11.3 Å². The number of rotatable bonds is 8. The smallest absolute Gasteiger partial charge is 0.302 e. The third-order valence-corrected chi connectivity index (χ3v) is 4.28. The highest BCUT2D eigenvalue weighted by atomic mass is 35.5. The van der Waals surface area contributed by atoms with Crippen LogP contribution in [0.2, 0.25) is 0 Å². The third-order valence-electron chi connectivity index (χ3n) is 3.28. The van der Waals surface area contributed by atoms with Crippen molar-refractivity contribution >= 4 is 57.5 Å². The molecule has 11 nitrogen and oxygen atoms in total. The fraction of sp³-hybridized carbons (Fsp3) is 0.429. The van der Waals surface area contributed by atoms with Gasteiger partial charge in [0.25, 0.3) is 5.91 Å². The molecule has 2 heterocycles. The summed E-state index contributed by atoms with van der Waals surface area (Å²) in [6, 6.07) is -1.45. The molecule has 0 radical (unpaired) electrons. The van der Waals surface area contributed by atoms with Crippen molar-refractivity contribution in [2.24, 2.45) is 5.16 Å². The second-order valence-electron chi connectivity index (χ2n) is 5.21. The van der Waals surface area contributed by atoms with E-state index in [0.29, 0.717) is 0 Å². The first-order chi connectivity index (χ1) is 12.8. The van der Waals surface area contributed by atoms with Gasteiger partial charge in [-0.1, -0.05) is 5.16 Å². The number of aromatic nitrogens is 1. The topological polar surface area (TPSA) is 148 Å². The lowest BCUT2D eigenvalue weighted by atomic mass is 9.99. The zero-order valence-electron chi connectivity index (χ0n) is 14.3. The van der Waals surface area contributed by atoms with Gasteiger partial charge in [0.1, 0.15) is 31.3 Å². The Bertz CT molecular complexity index is 782. The minimum atomic E-state index is -0.895. The maximum absolute atomic E-state index is 12.5. The molecule has 2 rings (SSSR count). The Morgan fingerprint density at radius 2 is 2.19 bits per heavy atom. The highest BCUT2D eigenvalue weighted by molar-refractivity contribution is 7.14. The van der Waals surface area contributed by atoms with E-state index in [1.165, 1.54) is 19.4 Å². The Kier molecular flexibility index (Phi) is 7.07. The number of thiazole rings is 1. The van der Waals surface area contributed by atoms with Gasteiger partial charge in [0.15, 0.2) is 10.8 Å². The van der Waals surface area contributed by atoms with Gasteiger partial charge in [-0.3, -0.25) is 19.2 Å². The van der Waals surface area contributed by atoms with Gasteiger partial charge in [0, 0.05) is 12.3 Å². The minimum absolute atomic E-state index is 0.0753. The van der Waals surface area contributed by atoms with Crippen LogP contribution in [0.15, 0.2) is 10.5 Å². The number of ether oxygens (including phenoxy) is 1. The number of halogens is 1. The van der Waals surface area contributed by atoms with Crippen molar-refractivity contribution in [1.82, 2.24) is 15.6 Å². The fourth-order valence-electron chi connectivity index (χ4n) is 2.05. The predicted octanol–water partition coefficient (Wildman–Crippen LogP) is -0.783. The first-order valence-electron chi connectivity index (χ1n) is 7.53. The van der Waals surface area contributed by atoms with Crippen molar-refractivity contribution in [2.45, 2.75) is 19.0 Å². The molecule has 1 aliphatic rings. The predicted molar refractivity (Wildman–Crippen MR) is 95.5 cm³/mol. The van der Waals surface area contributed by atoms with Gasteiger partial charge in [-0.05, 0) is 0 Å². The molecule has 146 valence electrons. The van der Waals surface area contributed by atoms with Crippen LogP contribution >= 0.6 is 22.9 Å². The Hall–Kier alpha value is -2.73. The van der Waals surface area contributed by atoms with Crippen LogP contribution in [0.3, 0.4) is 0 Å². The summed E-state index contributed by atoms with van der Waals surface area (Å²) in [5, 5.41) is 12.8. The van der Waals surface area contributed by atoms with Crippen LogP contribution in [0.5, 0.6) is 0 Å². The number of nitrogens with one attached hydrogen (secondary N) is 3. The van der Waals surface area contributed by atoms with Gasteiger partial charge in [0.05, 0.1) is 6.04 Å². The number of carbonyl (C=O) groups excluding carboxylic acids is 4. The molecule has 3 amide bonds. The molecule has 1 aromatic rings. The van der Waals surface area contributed by atoms with Crippen molar-refractivity contribution in [3.05, 3.63) is 11.1 Å². The van der Waals surface area contributed by atoms with Crippen LogP contribution in [0, 0.1) is 0 Å². The molecule has 0 bridgehead atoms. The molecule has 27 heavy (non-hydrogen) atoms. The highest BCUT2D eigenvalue weighted by Gasteiger charge is 2.42. The van der Waals surface area contributed by atoms with Gasteiger partial charge < -0.3 is 25.5 Å². The maximum Gasteiger partial charge on any atom is 0.302 e. The number of carbonyl (C=O) groups is 4. The van der Waals surface area contributed by atoms with Crippen molar-refractivity contribution in [3.8, 4) is 0 Å². The number of oxime groups is 1. The zero-order chi connectivity index (χ0) is 20.0. The van der Waals surface area contributed by atoms with Crippen molar-refractivity contribution in [2.75, 3.05) is 24.9 Å². The number of hydrogen-bond acceptors (Lipinski definition) is 9. The van der Waals surface area contributed by atoms with E-state index in [2.05, 4.69) is 30.9 Å². The number of hydrogen-bond donors (Lipinski definition) is 3. The SMILES string of the molecule is CO/N=C(/C(=O)NC1C(=O)NC1COC(C)=O)c1csc(NC(=O)CCl)n1. The van der Waals surface area contributed by atoms with E-state index in [4.69, 9.17) is 16.3 Å². The Morgan fingerprint density at radius 3 is 2.78 bits per heavy atom. The number of alkyl halides is 1. The van der Waals surface area contributed by atoms with Crippen LogP contribution < -0.4 is 16.0 Å². The highest BCUT2D eigenvalue weighted by Crippen LogP contribution is 2.17. The van der Waals surface area contributed by atoms with Crippen LogP contribution in [-0.2, 0) is 28.8 Å². The third kappa shape index (κ3) is 5.37. The van der Waals surface area contributed by atoms with E-state index in [9.17, 15) is 19.2 Å². The molecule has 0 spiro atoms. The van der Waals surface area contributed by atoms with Gasteiger partial charge in [0.2, 0.25) is 11.8 Å². The second-order valence-corrected chi connectivity index (χ2v) is 6.34. The van der Waals surface area contributed by atoms with E-state index in [1.54, 1.807) is 0 Å². The molecule has 3 N–H and O–H groups in total. The monoisotopic (exact) mass is 417 g/mol. The summed E-state index contributed by atoms with van der Waals surface area (Å²) in [6.45, 7) is 1.16. The molecule has 2 atom stereocenters. The molecule has 0 saturated carbocycles. The number of amides is 3. The van der Waals surface area contributed by atoms with Crippen LogP contribution in [0.4, 0.5) is 5.13 Å². The van der Waals surface area contributed by atoms with Gasteiger partial charge in [-0.2, -0.15) is 0 Å². The summed E-state index contributed by atoms with van der Waals surface area (Å²) in [6.07, 6.45) is 0. The standard InChI is InChI=1S/C14H16ClN5O6S/c1-6(21)26-4-7-10(12(23)16-7)19-13(24)11(20-25-2)8-5-27-14(17-8)18-9(22)3-15/h5,7,10H,3-4H2,1-2H3,(H,16,23)(H,19,24)(H,17,18,22)/b20-11+. The molecular formula is C14H16ClN5O6S. The number of β-lactam (4-membered cyclic amide) rings is 1. The second kappa shape index (κ2) is 9.28. The Labute approximate surface area is 162 Å². The number of esters is 1. The molecular weight excluding hydrogens is 402 g/mol. The van der Waals surface area contributed by atoms with Crippen LogP contribution in [0.25, 0.3) is 0 Å². The average molecular weight is 418 g/mol. The Morgan fingerprint density at radius 1 is 1.44 bits per heavy atom. The quantitative estimate of drug-likeness (QED) is 0.165. The first kappa shape index (κ1) is 20.6.